The van der Waals surface area contributed by atoms with Gasteiger partial charge in [-0.15, -0.1) is 0 Å². The Balaban J connectivity index is 2.63. The minimum Gasteiger partial charge on any atom is -0.375 e. The number of hydrogen-bond donors (Lipinski definition) is 2. The van der Waals surface area contributed by atoms with Crippen LogP contribution in [-0.4, -0.2) is 22.3 Å². The average molecular weight is 284 g/mol. The summed E-state index contributed by atoms with van der Waals surface area (Å²) in [7, 11) is 0. The van der Waals surface area contributed by atoms with Gasteiger partial charge >= 0.3 is 6.18 Å². The molecule has 0 bridgehead atoms. The molecule has 0 aliphatic rings. The summed E-state index contributed by atoms with van der Waals surface area (Å²) in [6.07, 6.45) is -3.38. The Bertz CT molecular complexity index is 615. The lowest BCUT2D eigenvalue weighted by Crippen LogP contribution is -2.55. The fraction of sp³-hybridized carbons (Fsp3) is 0.357. The van der Waals surface area contributed by atoms with Gasteiger partial charge in [-0.25, -0.2) is 0 Å². The maximum Gasteiger partial charge on any atom is 0.423 e. The van der Waals surface area contributed by atoms with Gasteiger partial charge in [0.25, 0.3) is 0 Å². The topological polar surface area (TPSA) is 59.1 Å². The number of halogens is 3. The van der Waals surface area contributed by atoms with Crippen LogP contribution in [0.25, 0.3) is 10.9 Å². The van der Waals surface area contributed by atoms with Gasteiger partial charge in [0.05, 0.1) is 5.52 Å². The van der Waals surface area contributed by atoms with E-state index in [0.717, 1.165) is 0 Å². The van der Waals surface area contributed by atoms with Crippen LogP contribution in [0.15, 0.2) is 36.5 Å². The van der Waals surface area contributed by atoms with Crippen LogP contribution in [0.2, 0.25) is 0 Å². The highest BCUT2D eigenvalue weighted by atomic mass is 19.4. The maximum absolute atomic E-state index is 13.3. The van der Waals surface area contributed by atoms with E-state index in [1.165, 1.54) is 31.3 Å². The van der Waals surface area contributed by atoms with Crippen LogP contribution in [0.3, 0.4) is 0 Å². The number of nitrogens with two attached hydrogens (primary N) is 1. The predicted molar refractivity (Wildman–Crippen MR) is 70.0 cm³/mol. The summed E-state index contributed by atoms with van der Waals surface area (Å²) < 4.78 is 39.8. The number of alkyl halides is 3. The molecular weight excluding hydrogens is 269 g/mol. The van der Waals surface area contributed by atoms with Gasteiger partial charge in [-0.3, -0.25) is 4.98 Å². The first kappa shape index (κ1) is 14.7. The van der Waals surface area contributed by atoms with Crippen molar-refractivity contribution in [3.05, 3.63) is 42.1 Å². The molecule has 2 aromatic rings. The molecule has 0 aliphatic carbocycles. The molecule has 2 atom stereocenters. The van der Waals surface area contributed by atoms with Crippen LogP contribution in [0.5, 0.6) is 0 Å². The lowest BCUT2D eigenvalue weighted by molar-refractivity contribution is -0.274. The molecule has 108 valence electrons. The summed E-state index contributed by atoms with van der Waals surface area (Å²) in [6, 6.07) is 5.96. The summed E-state index contributed by atoms with van der Waals surface area (Å²) in [5, 5.41) is 10.9. The van der Waals surface area contributed by atoms with Gasteiger partial charge in [0.2, 0.25) is 5.60 Å². The molecule has 20 heavy (non-hydrogen) atoms. The molecule has 0 radical (unpaired) electrons. The van der Waals surface area contributed by atoms with Crippen molar-refractivity contribution in [2.75, 3.05) is 0 Å². The van der Waals surface area contributed by atoms with Gasteiger partial charge in [0, 0.05) is 17.6 Å². The Morgan fingerprint density at radius 3 is 2.60 bits per heavy atom. The molecule has 1 aromatic carbocycles. The minimum absolute atomic E-state index is 0.00370. The highest BCUT2D eigenvalue weighted by Gasteiger charge is 2.58. The Labute approximate surface area is 114 Å². The normalized spacial score (nSPS) is 16.9. The van der Waals surface area contributed by atoms with E-state index in [2.05, 4.69) is 4.98 Å². The number of hydrogen-bond acceptors (Lipinski definition) is 3. The van der Waals surface area contributed by atoms with Crippen LogP contribution < -0.4 is 5.73 Å². The summed E-state index contributed by atoms with van der Waals surface area (Å²) in [6.45, 7) is 1.50. The second-order valence-corrected chi connectivity index (χ2v) is 4.69. The van der Waals surface area contributed by atoms with E-state index in [1.807, 2.05) is 0 Å². The highest BCUT2D eigenvalue weighted by molar-refractivity contribution is 5.79. The molecule has 0 saturated heterocycles. The van der Waals surface area contributed by atoms with Gasteiger partial charge in [-0.1, -0.05) is 25.1 Å². The van der Waals surface area contributed by atoms with E-state index in [-0.39, 0.29) is 12.0 Å². The SMILES string of the molecule is CCC(N)C(O)(c1ccc2cccnc2c1)C(F)(F)F. The first-order valence-corrected chi connectivity index (χ1v) is 6.20. The second-order valence-electron chi connectivity index (χ2n) is 4.69. The molecular formula is C14H15F3N2O. The summed E-state index contributed by atoms with van der Waals surface area (Å²) in [5.41, 5.74) is 2.55. The second kappa shape index (κ2) is 5.03. The highest BCUT2D eigenvalue weighted by Crippen LogP contribution is 2.42. The fourth-order valence-electron chi connectivity index (χ4n) is 2.19. The van der Waals surface area contributed by atoms with Crippen LogP contribution in [0.4, 0.5) is 13.2 Å². The van der Waals surface area contributed by atoms with E-state index < -0.39 is 17.8 Å². The smallest absolute Gasteiger partial charge is 0.375 e. The lowest BCUT2D eigenvalue weighted by Gasteiger charge is -2.35. The van der Waals surface area contributed by atoms with Crippen LogP contribution in [-0.2, 0) is 5.60 Å². The zero-order valence-corrected chi connectivity index (χ0v) is 10.9. The number of rotatable bonds is 3. The maximum atomic E-state index is 13.3. The summed E-state index contributed by atoms with van der Waals surface area (Å²) >= 11 is 0. The van der Waals surface area contributed by atoms with Crippen molar-refractivity contribution in [2.24, 2.45) is 5.73 Å². The monoisotopic (exact) mass is 284 g/mol. The largest absolute Gasteiger partial charge is 0.423 e. The number of benzene rings is 1. The molecule has 1 heterocycles. The van der Waals surface area contributed by atoms with Crippen LogP contribution in [0.1, 0.15) is 18.9 Å². The average Bonchev–Trinajstić information content (AvgIpc) is 2.43. The van der Waals surface area contributed by atoms with Crippen molar-refractivity contribution in [3.8, 4) is 0 Å². The summed E-state index contributed by atoms with van der Waals surface area (Å²) in [4.78, 5) is 4.00. The van der Waals surface area contributed by atoms with Crippen LogP contribution in [0, 0.1) is 0 Å². The first-order valence-electron chi connectivity index (χ1n) is 6.20. The summed E-state index contributed by atoms with van der Waals surface area (Å²) in [5.74, 6) is 0. The van der Waals surface area contributed by atoms with E-state index in [9.17, 15) is 18.3 Å². The zero-order valence-electron chi connectivity index (χ0n) is 10.9. The molecule has 3 N–H and O–H groups in total. The Morgan fingerprint density at radius 2 is 2.00 bits per heavy atom. The van der Waals surface area contributed by atoms with Gasteiger partial charge in [-0.2, -0.15) is 13.2 Å². The first-order chi connectivity index (χ1) is 9.30. The molecule has 2 unspecified atom stereocenters. The fourth-order valence-corrected chi connectivity index (χ4v) is 2.19. The number of nitrogens with zero attached hydrogens (tertiary/aromatic N) is 1. The molecule has 0 saturated carbocycles. The third-order valence-electron chi connectivity index (χ3n) is 3.45. The number of pyridine rings is 1. The van der Waals surface area contributed by atoms with E-state index in [1.54, 1.807) is 12.1 Å². The molecule has 1 aromatic heterocycles. The van der Waals surface area contributed by atoms with E-state index in [0.29, 0.717) is 10.9 Å². The third kappa shape index (κ3) is 2.25. The zero-order chi connectivity index (χ0) is 15.0. The molecule has 6 heteroatoms. The quantitative estimate of drug-likeness (QED) is 0.911. The molecule has 0 amide bonds. The van der Waals surface area contributed by atoms with Crippen LogP contribution >= 0.6 is 0 Å². The lowest BCUT2D eigenvalue weighted by atomic mass is 9.84. The Kier molecular flexibility index (Phi) is 3.71. The van der Waals surface area contributed by atoms with Crippen molar-refractivity contribution >= 4 is 10.9 Å². The third-order valence-corrected chi connectivity index (χ3v) is 3.45. The molecule has 2 rings (SSSR count). The molecule has 0 fully saturated rings. The Morgan fingerprint density at radius 1 is 1.30 bits per heavy atom. The van der Waals surface area contributed by atoms with Crippen molar-refractivity contribution in [1.29, 1.82) is 0 Å². The van der Waals surface area contributed by atoms with Crippen molar-refractivity contribution < 1.29 is 18.3 Å². The minimum atomic E-state index is -4.86. The van der Waals surface area contributed by atoms with Gasteiger partial charge in [-0.05, 0) is 24.1 Å². The van der Waals surface area contributed by atoms with Crippen molar-refractivity contribution in [2.45, 2.75) is 31.2 Å². The van der Waals surface area contributed by atoms with Gasteiger partial charge in [0.15, 0.2) is 0 Å². The van der Waals surface area contributed by atoms with E-state index >= 15 is 0 Å². The predicted octanol–water partition coefficient (Wildman–Crippen LogP) is 2.72. The van der Waals surface area contributed by atoms with Gasteiger partial charge in [0.1, 0.15) is 0 Å². The van der Waals surface area contributed by atoms with Crippen molar-refractivity contribution in [1.82, 2.24) is 4.98 Å². The number of aliphatic hydroxyl groups is 1. The van der Waals surface area contributed by atoms with Crippen molar-refractivity contribution in [3.63, 3.8) is 0 Å². The molecule has 3 nitrogen and oxygen atoms in total. The molecule has 0 aliphatic heterocycles. The number of fused-ring (bicyclic) bond motifs is 1. The standard InChI is InChI=1S/C14H15F3N2O/c1-2-12(18)13(20,14(15,16)17)10-6-5-9-4-3-7-19-11(9)8-10/h3-8,12,20H,2,18H2,1H3. The van der Waals surface area contributed by atoms with E-state index in [4.69, 9.17) is 5.73 Å². The van der Waals surface area contributed by atoms with Gasteiger partial charge < -0.3 is 10.8 Å². The molecule has 0 spiro atoms. The number of aromatic nitrogens is 1. The Hall–Kier alpha value is -1.66.